The van der Waals surface area contributed by atoms with E-state index in [1.807, 2.05) is 0 Å². The summed E-state index contributed by atoms with van der Waals surface area (Å²) in [5.41, 5.74) is 0.651. The average Bonchev–Trinajstić information content (AvgIpc) is 2.03. The smallest absolute Gasteiger partial charge is 0.207 e. The normalized spacial score (nSPS) is 11.6. The molecule has 0 radical (unpaired) electrons. The van der Waals surface area contributed by atoms with Crippen LogP contribution in [0.4, 0.5) is 0 Å². The van der Waals surface area contributed by atoms with E-state index < -0.39 is 9.05 Å². The van der Waals surface area contributed by atoms with Crippen molar-refractivity contribution in [2.75, 3.05) is 0 Å². The molecule has 0 saturated carbocycles. The van der Waals surface area contributed by atoms with Crippen LogP contribution in [0.2, 0.25) is 0 Å². The predicted octanol–water partition coefficient (Wildman–Crippen LogP) is 3.27. The summed E-state index contributed by atoms with van der Waals surface area (Å²) >= 11 is 6.37. The van der Waals surface area contributed by atoms with Gasteiger partial charge in [0.15, 0.2) is 0 Å². The fraction of sp³-hybridized carbons (Fsp3) is 0.143. The molecule has 0 aliphatic heterocycles. The Morgan fingerprint density at radius 1 is 1.38 bits per heavy atom. The van der Waals surface area contributed by atoms with Crippen LogP contribution in [-0.4, -0.2) is 8.42 Å². The van der Waals surface area contributed by atoms with Gasteiger partial charge in [-0.15, -0.1) is 0 Å². The first-order valence-electron chi connectivity index (χ1n) is 3.24. The molecule has 0 spiro atoms. The van der Waals surface area contributed by atoms with Crippen molar-refractivity contribution in [1.82, 2.24) is 0 Å². The van der Waals surface area contributed by atoms with Gasteiger partial charge in [-0.05, 0) is 17.7 Å². The summed E-state index contributed by atoms with van der Waals surface area (Å²) < 4.78 is 22.9. The highest BCUT2D eigenvalue weighted by Gasteiger charge is 2.14. The molecule has 13 heavy (non-hydrogen) atoms. The maximum Gasteiger partial charge on any atom is 0.261 e. The highest BCUT2D eigenvalue weighted by molar-refractivity contribution is 9.10. The number of hydrogen-bond donors (Lipinski definition) is 0. The van der Waals surface area contributed by atoms with Crippen LogP contribution in [0.25, 0.3) is 0 Å². The predicted molar refractivity (Wildman–Crippen MR) is 59.8 cm³/mol. The van der Waals surface area contributed by atoms with Crippen molar-refractivity contribution in [3.63, 3.8) is 0 Å². The summed E-state index contributed by atoms with van der Waals surface area (Å²) in [5.74, 6) is 0. The van der Waals surface area contributed by atoms with Crippen molar-refractivity contribution in [3.05, 3.63) is 28.2 Å². The maximum atomic E-state index is 11.1. The number of halogens is 3. The van der Waals surface area contributed by atoms with Crippen LogP contribution in [0.3, 0.4) is 0 Å². The zero-order valence-corrected chi connectivity index (χ0v) is 11.0. The Bertz CT molecular complexity index is 417. The topological polar surface area (TPSA) is 34.1 Å². The summed E-state index contributed by atoms with van der Waals surface area (Å²) in [5, 5.41) is 0.460. The van der Waals surface area contributed by atoms with Crippen LogP contribution in [-0.2, 0) is 14.4 Å². The zero-order chi connectivity index (χ0) is 10.1. The third-order valence-electron chi connectivity index (χ3n) is 1.44. The number of benzene rings is 1. The molecule has 0 bridgehead atoms. The molecule has 0 saturated heterocycles. The standard InChI is InChI=1S/C7H5Br2ClO2S/c8-4-5-1-2-6(9)3-7(5)13(10,11)12/h1-3H,4H2. The Labute approximate surface area is 98.0 Å². The average molecular weight is 348 g/mol. The lowest BCUT2D eigenvalue weighted by Gasteiger charge is -2.03. The zero-order valence-electron chi connectivity index (χ0n) is 6.30. The van der Waals surface area contributed by atoms with Crippen molar-refractivity contribution in [3.8, 4) is 0 Å². The van der Waals surface area contributed by atoms with Crippen molar-refractivity contribution in [1.29, 1.82) is 0 Å². The molecule has 0 N–H and O–H groups in total. The molecule has 0 fully saturated rings. The second kappa shape index (κ2) is 4.29. The molecule has 0 heterocycles. The van der Waals surface area contributed by atoms with Crippen molar-refractivity contribution >= 4 is 51.6 Å². The monoisotopic (exact) mass is 346 g/mol. The quantitative estimate of drug-likeness (QED) is 0.607. The first kappa shape index (κ1) is 11.5. The molecule has 0 aliphatic rings. The van der Waals surface area contributed by atoms with Crippen LogP contribution < -0.4 is 0 Å². The van der Waals surface area contributed by atoms with E-state index in [9.17, 15) is 8.42 Å². The van der Waals surface area contributed by atoms with Gasteiger partial charge >= 0.3 is 0 Å². The lowest BCUT2D eigenvalue weighted by atomic mass is 10.2. The minimum absolute atomic E-state index is 0.139. The van der Waals surface area contributed by atoms with Crippen LogP contribution >= 0.6 is 42.5 Å². The Balaban J connectivity index is 3.41. The molecule has 0 amide bonds. The molecule has 0 aliphatic carbocycles. The van der Waals surface area contributed by atoms with Crippen LogP contribution in [0.5, 0.6) is 0 Å². The highest BCUT2D eigenvalue weighted by atomic mass is 79.9. The lowest BCUT2D eigenvalue weighted by Crippen LogP contribution is -1.95. The van der Waals surface area contributed by atoms with Crippen molar-refractivity contribution in [2.24, 2.45) is 0 Å². The summed E-state index contributed by atoms with van der Waals surface area (Å²) in [6, 6.07) is 4.95. The highest BCUT2D eigenvalue weighted by Crippen LogP contribution is 2.25. The maximum absolute atomic E-state index is 11.1. The van der Waals surface area contributed by atoms with Gasteiger partial charge in [-0.2, -0.15) is 0 Å². The Morgan fingerprint density at radius 3 is 2.46 bits per heavy atom. The van der Waals surface area contributed by atoms with Gasteiger partial charge in [0, 0.05) is 20.5 Å². The van der Waals surface area contributed by atoms with E-state index in [1.165, 1.54) is 6.07 Å². The number of alkyl halides is 1. The molecular weight excluding hydrogens is 343 g/mol. The number of rotatable bonds is 2. The van der Waals surface area contributed by atoms with Gasteiger partial charge in [0.05, 0.1) is 4.90 Å². The van der Waals surface area contributed by atoms with E-state index in [-0.39, 0.29) is 4.90 Å². The molecule has 1 aromatic rings. The molecule has 0 atom stereocenters. The second-order valence-corrected chi connectivity index (χ2v) is 6.33. The van der Waals surface area contributed by atoms with Crippen molar-refractivity contribution in [2.45, 2.75) is 10.2 Å². The van der Waals surface area contributed by atoms with Gasteiger partial charge in [-0.25, -0.2) is 8.42 Å². The van der Waals surface area contributed by atoms with E-state index >= 15 is 0 Å². The minimum Gasteiger partial charge on any atom is -0.207 e. The molecule has 0 unspecified atom stereocenters. The summed E-state index contributed by atoms with van der Waals surface area (Å²) in [6.45, 7) is 0. The van der Waals surface area contributed by atoms with Gasteiger partial charge < -0.3 is 0 Å². The Morgan fingerprint density at radius 2 is 2.00 bits per heavy atom. The van der Waals surface area contributed by atoms with Crippen LogP contribution in [0, 0.1) is 0 Å². The third kappa shape index (κ3) is 2.94. The minimum atomic E-state index is -3.66. The number of hydrogen-bond acceptors (Lipinski definition) is 2. The molecule has 1 aromatic carbocycles. The third-order valence-corrected chi connectivity index (χ3v) is 3.94. The van der Waals surface area contributed by atoms with E-state index in [4.69, 9.17) is 10.7 Å². The molecule has 0 aromatic heterocycles. The Kier molecular flexibility index (Phi) is 3.80. The SMILES string of the molecule is O=S(=O)(Cl)c1cc(Br)ccc1CBr. The first-order chi connectivity index (χ1) is 5.95. The molecule has 6 heteroatoms. The van der Waals surface area contributed by atoms with Gasteiger partial charge in [-0.1, -0.05) is 37.9 Å². The van der Waals surface area contributed by atoms with E-state index in [0.717, 1.165) is 0 Å². The molecule has 72 valence electrons. The second-order valence-electron chi connectivity index (χ2n) is 2.32. The van der Waals surface area contributed by atoms with Gasteiger partial charge in [0.2, 0.25) is 0 Å². The van der Waals surface area contributed by atoms with E-state index in [0.29, 0.717) is 15.4 Å². The van der Waals surface area contributed by atoms with E-state index in [1.54, 1.807) is 12.1 Å². The first-order valence-corrected chi connectivity index (χ1v) is 7.46. The van der Waals surface area contributed by atoms with Gasteiger partial charge in [-0.3, -0.25) is 0 Å². The van der Waals surface area contributed by atoms with Crippen LogP contribution in [0.1, 0.15) is 5.56 Å². The van der Waals surface area contributed by atoms with Gasteiger partial charge in [0.1, 0.15) is 0 Å². The summed E-state index contributed by atoms with van der Waals surface area (Å²) in [6.07, 6.45) is 0. The summed E-state index contributed by atoms with van der Waals surface area (Å²) in [4.78, 5) is 0.139. The Hall–Kier alpha value is 0.420. The summed E-state index contributed by atoms with van der Waals surface area (Å²) in [7, 11) is 1.59. The van der Waals surface area contributed by atoms with Crippen molar-refractivity contribution < 1.29 is 8.42 Å². The van der Waals surface area contributed by atoms with Gasteiger partial charge in [0.25, 0.3) is 9.05 Å². The van der Waals surface area contributed by atoms with Crippen LogP contribution in [0.15, 0.2) is 27.6 Å². The lowest BCUT2D eigenvalue weighted by molar-refractivity contribution is 0.609. The molecule has 1 rings (SSSR count). The van der Waals surface area contributed by atoms with E-state index in [2.05, 4.69) is 31.9 Å². The molecule has 2 nitrogen and oxygen atoms in total. The fourth-order valence-electron chi connectivity index (χ4n) is 0.866. The fourth-order valence-corrected chi connectivity index (χ4v) is 3.20. The molecular formula is C7H5Br2ClO2S. The largest absolute Gasteiger partial charge is 0.261 e.